The molecule has 24 heavy (non-hydrogen) atoms. The lowest BCUT2D eigenvalue weighted by molar-refractivity contribution is -0.123. The summed E-state index contributed by atoms with van der Waals surface area (Å²) in [6.45, 7) is 3.08. The lowest BCUT2D eigenvalue weighted by Gasteiger charge is -2.14. The van der Waals surface area contributed by atoms with Crippen LogP contribution in [0, 0.1) is 6.92 Å². The smallest absolute Gasteiger partial charge is 0.342 e. The first-order chi connectivity index (χ1) is 11.3. The van der Waals surface area contributed by atoms with E-state index in [4.69, 9.17) is 27.9 Å². The Morgan fingerprint density at radius 3 is 2.42 bits per heavy atom. The summed E-state index contributed by atoms with van der Waals surface area (Å²) in [6.07, 6.45) is -1.07. The number of hydrogen-bond donors (Lipinski definition) is 2. The van der Waals surface area contributed by atoms with Gasteiger partial charge in [-0.05, 0) is 43.7 Å². The number of hydrogen-bond acceptors (Lipinski definition) is 4. The van der Waals surface area contributed by atoms with Gasteiger partial charge in [-0.1, -0.05) is 35.3 Å². The largest absolute Gasteiger partial charge is 0.507 e. The lowest BCUT2D eigenvalue weighted by atomic mass is 10.1. The Morgan fingerprint density at radius 2 is 1.79 bits per heavy atom. The average Bonchev–Trinajstić information content (AvgIpc) is 2.48. The first-order valence-corrected chi connectivity index (χ1v) is 7.80. The van der Waals surface area contributed by atoms with Gasteiger partial charge in [0.15, 0.2) is 6.10 Å². The molecule has 0 radical (unpaired) electrons. The van der Waals surface area contributed by atoms with Crippen molar-refractivity contribution in [2.75, 3.05) is 5.32 Å². The van der Waals surface area contributed by atoms with Gasteiger partial charge in [-0.25, -0.2) is 4.79 Å². The van der Waals surface area contributed by atoms with E-state index in [1.807, 2.05) is 0 Å². The summed E-state index contributed by atoms with van der Waals surface area (Å²) in [5.74, 6) is -1.51. The fourth-order valence-electron chi connectivity index (χ4n) is 1.97. The van der Waals surface area contributed by atoms with Gasteiger partial charge in [-0.2, -0.15) is 0 Å². The highest BCUT2D eigenvalue weighted by Gasteiger charge is 2.21. The van der Waals surface area contributed by atoms with Gasteiger partial charge in [0.1, 0.15) is 11.3 Å². The summed E-state index contributed by atoms with van der Waals surface area (Å²) in [7, 11) is 0. The van der Waals surface area contributed by atoms with E-state index in [1.165, 1.54) is 31.2 Å². The number of nitrogens with one attached hydrogen (secondary N) is 1. The molecule has 1 amide bonds. The van der Waals surface area contributed by atoms with E-state index in [-0.39, 0.29) is 11.3 Å². The molecule has 2 rings (SSSR count). The molecule has 0 heterocycles. The third-order valence-electron chi connectivity index (χ3n) is 3.24. The minimum absolute atomic E-state index is 0.000417. The van der Waals surface area contributed by atoms with Crippen LogP contribution in [0.1, 0.15) is 22.8 Å². The molecule has 0 fully saturated rings. The third kappa shape index (κ3) is 4.40. The zero-order chi connectivity index (χ0) is 17.9. The molecule has 0 aromatic heterocycles. The van der Waals surface area contributed by atoms with Gasteiger partial charge in [0.05, 0.1) is 0 Å². The highest BCUT2D eigenvalue weighted by molar-refractivity contribution is 6.35. The van der Waals surface area contributed by atoms with Crippen LogP contribution in [0.15, 0.2) is 36.4 Å². The summed E-state index contributed by atoms with van der Waals surface area (Å²) < 4.78 is 5.09. The van der Waals surface area contributed by atoms with Gasteiger partial charge in [0.25, 0.3) is 5.91 Å². The Morgan fingerprint density at radius 1 is 1.17 bits per heavy atom. The second-order valence-corrected chi connectivity index (χ2v) is 6.04. The van der Waals surface area contributed by atoms with Crippen LogP contribution in [0.3, 0.4) is 0 Å². The first-order valence-electron chi connectivity index (χ1n) is 7.04. The monoisotopic (exact) mass is 367 g/mol. The predicted octanol–water partition coefficient (Wildman–Crippen LogP) is 4.19. The number of aryl methyl sites for hydroxylation is 1. The zero-order valence-electron chi connectivity index (χ0n) is 13.0. The molecule has 126 valence electrons. The van der Waals surface area contributed by atoms with E-state index in [2.05, 4.69) is 5.32 Å². The molecule has 0 bridgehead atoms. The van der Waals surface area contributed by atoms with E-state index in [9.17, 15) is 14.7 Å². The van der Waals surface area contributed by atoms with Crippen LogP contribution in [0.25, 0.3) is 0 Å². The topological polar surface area (TPSA) is 75.6 Å². The molecule has 0 spiro atoms. The average molecular weight is 368 g/mol. The maximum absolute atomic E-state index is 12.1. The number of ether oxygens (including phenoxy) is 1. The maximum atomic E-state index is 12.1. The molecule has 0 aliphatic carbocycles. The van der Waals surface area contributed by atoms with Crippen molar-refractivity contribution in [1.82, 2.24) is 0 Å². The molecule has 0 aliphatic rings. The minimum atomic E-state index is -1.07. The number of phenols is 1. The molecule has 7 heteroatoms. The van der Waals surface area contributed by atoms with Gasteiger partial charge < -0.3 is 15.2 Å². The molecule has 0 saturated heterocycles. The second-order valence-electron chi connectivity index (χ2n) is 5.17. The summed E-state index contributed by atoms with van der Waals surface area (Å²) in [5.41, 5.74) is 0.925. The van der Waals surface area contributed by atoms with Gasteiger partial charge >= 0.3 is 5.97 Å². The van der Waals surface area contributed by atoms with Gasteiger partial charge in [0, 0.05) is 15.7 Å². The minimum Gasteiger partial charge on any atom is -0.507 e. The maximum Gasteiger partial charge on any atom is 0.342 e. The number of phenolic OH excluding ortho intramolecular Hbond substituents is 1. The number of halogens is 2. The number of benzene rings is 2. The number of para-hydroxylation sites is 1. The van der Waals surface area contributed by atoms with Crippen molar-refractivity contribution in [3.8, 4) is 5.75 Å². The first kappa shape index (κ1) is 18.1. The van der Waals surface area contributed by atoms with Crippen LogP contribution in [0.5, 0.6) is 5.75 Å². The van der Waals surface area contributed by atoms with Crippen molar-refractivity contribution in [2.24, 2.45) is 0 Å². The predicted molar refractivity (Wildman–Crippen MR) is 92.8 cm³/mol. The number of esters is 1. The summed E-state index contributed by atoms with van der Waals surface area (Å²) in [5, 5.41) is 13.2. The molecule has 2 N–H and O–H groups in total. The van der Waals surface area contributed by atoms with E-state index >= 15 is 0 Å². The van der Waals surface area contributed by atoms with Crippen LogP contribution in [-0.2, 0) is 9.53 Å². The number of rotatable bonds is 4. The van der Waals surface area contributed by atoms with E-state index in [0.717, 1.165) is 0 Å². The third-order valence-corrected chi connectivity index (χ3v) is 3.68. The molecular formula is C17H15Cl2NO4. The normalized spacial score (nSPS) is 11.7. The standard InChI is InChI=1S/C17H15Cl2NO4/c1-9-4-3-5-14(15(9)21)17(23)24-10(2)16(22)20-13-7-11(18)6-12(19)8-13/h3-8,10,21H,1-2H3,(H,20,22)/t10-/m0/s1. The Balaban J connectivity index is 2.05. The Labute approximate surface area is 149 Å². The van der Waals surface area contributed by atoms with Crippen molar-refractivity contribution in [3.05, 3.63) is 57.6 Å². The van der Waals surface area contributed by atoms with E-state index in [1.54, 1.807) is 19.1 Å². The van der Waals surface area contributed by atoms with Crippen molar-refractivity contribution >= 4 is 40.8 Å². The van der Waals surface area contributed by atoms with E-state index in [0.29, 0.717) is 21.3 Å². The van der Waals surface area contributed by atoms with Gasteiger partial charge in [-0.3, -0.25) is 4.79 Å². The highest BCUT2D eigenvalue weighted by Crippen LogP contribution is 2.24. The SMILES string of the molecule is Cc1cccc(C(=O)O[C@@H](C)C(=O)Nc2cc(Cl)cc(Cl)c2)c1O. The number of anilines is 1. The van der Waals surface area contributed by atoms with Crippen LogP contribution >= 0.6 is 23.2 Å². The Hall–Kier alpha value is -2.24. The fourth-order valence-corrected chi connectivity index (χ4v) is 2.50. The van der Waals surface area contributed by atoms with Crippen LogP contribution in [-0.4, -0.2) is 23.1 Å². The molecule has 2 aromatic rings. The van der Waals surface area contributed by atoms with E-state index < -0.39 is 18.0 Å². The van der Waals surface area contributed by atoms with Crippen LogP contribution < -0.4 is 5.32 Å². The zero-order valence-corrected chi connectivity index (χ0v) is 14.5. The van der Waals surface area contributed by atoms with Gasteiger partial charge in [-0.15, -0.1) is 0 Å². The van der Waals surface area contributed by atoms with Crippen LogP contribution in [0.2, 0.25) is 10.0 Å². The number of amides is 1. The molecule has 0 saturated carbocycles. The van der Waals surface area contributed by atoms with Crippen molar-refractivity contribution < 1.29 is 19.4 Å². The molecule has 1 atom stereocenters. The highest BCUT2D eigenvalue weighted by atomic mass is 35.5. The number of carbonyl (C=O) groups excluding carboxylic acids is 2. The molecule has 5 nitrogen and oxygen atoms in total. The quantitative estimate of drug-likeness (QED) is 0.794. The van der Waals surface area contributed by atoms with Crippen molar-refractivity contribution in [3.63, 3.8) is 0 Å². The summed E-state index contributed by atoms with van der Waals surface area (Å²) >= 11 is 11.7. The summed E-state index contributed by atoms with van der Waals surface area (Å²) in [6, 6.07) is 9.27. The Bertz CT molecular complexity index is 772. The van der Waals surface area contributed by atoms with Gasteiger partial charge in [0.2, 0.25) is 0 Å². The molecular weight excluding hydrogens is 353 g/mol. The summed E-state index contributed by atoms with van der Waals surface area (Å²) in [4.78, 5) is 24.2. The fraction of sp³-hybridized carbons (Fsp3) is 0.176. The van der Waals surface area contributed by atoms with Crippen LogP contribution in [0.4, 0.5) is 5.69 Å². The lowest BCUT2D eigenvalue weighted by Crippen LogP contribution is -2.30. The Kier molecular flexibility index (Phi) is 5.70. The van der Waals surface area contributed by atoms with Crippen molar-refractivity contribution in [1.29, 1.82) is 0 Å². The second kappa shape index (κ2) is 7.55. The number of carbonyl (C=O) groups is 2. The molecule has 0 aliphatic heterocycles. The molecule has 2 aromatic carbocycles. The number of aromatic hydroxyl groups is 1. The van der Waals surface area contributed by atoms with Crippen molar-refractivity contribution in [2.45, 2.75) is 20.0 Å². The molecule has 0 unspecified atom stereocenters.